The maximum Gasteiger partial charge on any atom is 0.145 e. The van der Waals surface area contributed by atoms with Crippen LogP contribution in [0.15, 0.2) is 115 Å². The van der Waals surface area contributed by atoms with E-state index in [0.717, 1.165) is 39.2 Å². The van der Waals surface area contributed by atoms with Crippen molar-refractivity contribution >= 4 is 27.4 Å². The molecule has 5 nitrogen and oxygen atoms in total. The highest BCUT2D eigenvalue weighted by atomic mass is 16.5. The number of ether oxygens (including phenoxy) is 2. The minimum Gasteiger partial charge on any atom is -0.497 e. The Balaban J connectivity index is 1.49. The zero-order chi connectivity index (χ0) is 27.5. The number of aromatic nitrogens is 1. The summed E-state index contributed by atoms with van der Waals surface area (Å²) in [7, 11) is 3.26. The maximum atomic E-state index is 11.5. The molecule has 1 heterocycles. The molecule has 0 unspecified atom stereocenters. The molecule has 0 fully saturated rings. The molecule has 1 atom stereocenters. The summed E-state index contributed by atoms with van der Waals surface area (Å²) in [5, 5.41) is 18.3. The Kier molecular flexibility index (Phi) is 7.13. The molecule has 6 aromatic rings. The molecular weight excluding hydrogens is 496 g/mol. The van der Waals surface area contributed by atoms with E-state index in [9.17, 15) is 5.11 Å². The Labute approximate surface area is 234 Å². The van der Waals surface area contributed by atoms with E-state index in [1.165, 1.54) is 16.3 Å². The molecule has 200 valence electrons. The lowest BCUT2D eigenvalue weighted by Gasteiger charge is -2.19. The van der Waals surface area contributed by atoms with Crippen LogP contribution in [-0.2, 0) is 6.54 Å². The molecule has 1 aromatic heterocycles. The van der Waals surface area contributed by atoms with Gasteiger partial charge in [-0.1, -0.05) is 97.1 Å². The molecule has 0 aliphatic carbocycles. The summed E-state index contributed by atoms with van der Waals surface area (Å²) in [6, 6.07) is 39.5. The van der Waals surface area contributed by atoms with E-state index in [0.29, 0.717) is 18.8 Å². The lowest BCUT2D eigenvalue weighted by molar-refractivity contribution is 0.169. The maximum absolute atomic E-state index is 11.5. The summed E-state index contributed by atoms with van der Waals surface area (Å²) >= 11 is 0. The van der Waals surface area contributed by atoms with Gasteiger partial charge in [-0.05, 0) is 28.6 Å². The Hall–Kier alpha value is -4.74. The second-order valence-corrected chi connectivity index (χ2v) is 9.85. The predicted molar refractivity (Wildman–Crippen MR) is 164 cm³/mol. The predicted octanol–water partition coefficient (Wildman–Crippen LogP) is 7.62. The van der Waals surface area contributed by atoms with Gasteiger partial charge in [0.2, 0.25) is 0 Å². The first-order chi connectivity index (χ1) is 19.7. The van der Waals surface area contributed by atoms with E-state index < -0.39 is 6.10 Å². The number of nitrogens with one attached hydrogen (secondary N) is 1. The van der Waals surface area contributed by atoms with Gasteiger partial charge in [0.05, 0.1) is 43.8 Å². The van der Waals surface area contributed by atoms with Crippen molar-refractivity contribution in [1.29, 1.82) is 0 Å². The van der Waals surface area contributed by atoms with Gasteiger partial charge in [-0.2, -0.15) is 0 Å². The molecule has 0 saturated heterocycles. The smallest absolute Gasteiger partial charge is 0.145 e. The quantitative estimate of drug-likeness (QED) is 0.203. The zero-order valence-electron chi connectivity index (χ0n) is 22.7. The number of fused-ring (bicyclic) bond motifs is 3. The van der Waals surface area contributed by atoms with Crippen LogP contribution in [0.25, 0.3) is 44.1 Å². The Morgan fingerprint density at radius 3 is 2.15 bits per heavy atom. The first kappa shape index (κ1) is 25.5. The van der Waals surface area contributed by atoms with Gasteiger partial charge in [-0.15, -0.1) is 0 Å². The van der Waals surface area contributed by atoms with E-state index in [1.54, 1.807) is 14.2 Å². The van der Waals surface area contributed by atoms with Gasteiger partial charge < -0.3 is 24.5 Å². The lowest BCUT2D eigenvalue weighted by Crippen LogP contribution is -2.25. The van der Waals surface area contributed by atoms with Crippen molar-refractivity contribution in [3.8, 4) is 33.9 Å². The third-order valence-electron chi connectivity index (χ3n) is 7.39. The van der Waals surface area contributed by atoms with E-state index in [2.05, 4.69) is 94.8 Å². The third-order valence-corrected chi connectivity index (χ3v) is 7.39. The zero-order valence-corrected chi connectivity index (χ0v) is 22.7. The molecule has 0 amide bonds. The van der Waals surface area contributed by atoms with Gasteiger partial charge in [0.15, 0.2) is 0 Å². The summed E-state index contributed by atoms with van der Waals surface area (Å²) < 4.78 is 13.2. The van der Waals surface area contributed by atoms with E-state index in [4.69, 9.17) is 9.47 Å². The van der Waals surface area contributed by atoms with Crippen LogP contribution in [-0.4, -0.2) is 36.5 Å². The minimum absolute atomic E-state index is 0.349. The highest BCUT2D eigenvalue weighted by Crippen LogP contribution is 2.43. The van der Waals surface area contributed by atoms with Crippen LogP contribution in [0, 0.1) is 0 Å². The first-order valence-corrected chi connectivity index (χ1v) is 13.5. The Morgan fingerprint density at radius 1 is 0.725 bits per heavy atom. The second-order valence-electron chi connectivity index (χ2n) is 9.85. The number of rotatable bonds is 9. The molecule has 6 rings (SSSR count). The van der Waals surface area contributed by atoms with Crippen LogP contribution in [0.5, 0.6) is 11.5 Å². The number of nitrogens with zero attached hydrogens (tertiary/aromatic N) is 1. The van der Waals surface area contributed by atoms with E-state index in [1.807, 2.05) is 30.3 Å². The first-order valence-electron chi connectivity index (χ1n) is 13.5. The summed E-state index contributed by atoms with van der Waals surface area (Å²) in [6.45, 7) is 0.759. The average Bonchev–Trinajstić information content (AvgIpc) is 3.35. The molecule has 0 aliphatic heterocycles. The minimum atomic E-state index is -0.674. The van der Waals surface area contributed by atoms with Crippen LogP contribution in [0.1, 0.15) is 0 Å². The SMILES string of the molecule is COc1ccc(NC[C@H](O)Cn2c(-c3ccccc3)c(-c3ccccc3)c3ccc4ccccc4c32)c(OC)c1. The summed E-state index contributed by atoms with van der Waals surface area (Å²) in [5.74, 6) is 1.38. The lowest BCUT2D eigenvalue weighted by atomic mass is 9.97. The van der Waals surface area contributed by atoms with Gasteiger partial charge in [0, 0.05) is 28.9 Å². The number of aliphatic hydroxyl groups is 1. The number of aliphatic hydroxyl groups excluding tert-OH is 1. The molecule has 0 aliphatic rings. The number of hydrogen-bond acceptors (Lipinski definition) is 4. The van der Waals surface area contributed by atoms with Crippen molar-refractivity contribution in [2.45, 2.75) is 12.6 Å². The standard InChI is InChI=1S/C35H32N2O3/c1-39-28-18-20-31(32(21-28)40-2)36-22-27(38)23-37-34(26-14-7-4-8-15-26)33(25-12-5-3-6-13-25)30-19-17-24-11-9-10-16-29(24)35(30)37/h3-21,27,36,38H,22-23H2,1-2H3/t27-/m0/s1. The normalized spacial score (nSPS) is 12.0. The summed E-state index contributed by atoms with van der Waals surface area (Å²) in [5.41, 5.74) is 6.45. The number of hydrogen-bond donors (Lipinski definition) is 2. The molecule has 0 bridgehead atoms. The number of methoxy groups -OCH3 is 2. The van der Waals surface area contributed by atoms with E-state index in [-0.39, 0.29) is 0 Å². The van der Waals surface area contributed by atoms with Gasteiger partial charge in [0.1, 0.15) is 11.5 Å². The largest absolute Gasteiger partial charge is 0.497 e. The van der Waals surface area contributed by atoms with Crippen molar-refractivity contribution in [2.75, 3.05) is 26.1 Å². The topological polar surface area (TPSA) is 55.6 Å². The van der Waals surface area contributed by atoms with Crippen molar-refractivity contribution in [1.82, 2.24) is 4.57 Å². The molecule has 5 heteroatoms. The summed E-state index contributed by atoms with van der Waals surface area (Å²) in [4.78, 5) is 0. The highest BCUT2D eigenvalue weighted by Gasteiger charge is 2.23. The fourth-order valence-electron chi connectivity index (χ4n) is 5.55. The van der Waals surface area contributed by atoms with Gasteiger partial charge in [-0.3, -0.25) is 0 Å². The van der Waals surface area contributed by atoms with Crippen molar-refractivity contribution in [3.05, 3.63) is 115 Å². The Bertz CT molecular complexity index is 1760. The van der Waals surface area contributed by atoms with Gasteiger partial charge in [0.25, 0.3) is 0 Å². The molecule has 0 saturated carbocycles. The van der Waals surface area contributed by atoms with Gasteiger partial charge in [-0.25, -0.2) is 0 Å². The van der Waals surface area contributed by atoms with Crippen molar-refractivity contribution < 1.29 is 14.6 Å². The molecular formula is C35H32N2O3. The van der Waals surface area contributed by atoms with Crippen LogP contribution in [0.3, 0.4) is 0 Å². The number of benzene rings is 5. The summed E-state index contributed by atoms with van der Waals surface area (Å²) in [6.07, 6.45) is -0.674. The van der Waals surface area contributed by atoms with Crippen LogP contribution < -0.4 is 14.8 Å². The highest BCUT2D eigenvalue weighted by molar-refractivity contribution is 6.15. The van der Waals surface area contributed by atoms with Crippen LogP contribution >= 0.6 is 0 Å². The number of anilines is 1. The van der Waals surface area contributed by atoms with Crippen molar-refractivity contribution in [2.24, 2.45) is 0 Å². The molecule has 5 aromatic carbocycles. The average molecular weight is 529 g/mol. The van der Waals surface area contributed by atoms with Crippen LogP contribution in [0.4, 0.5) is 5.69 Å². The monoisotopic (exact) mass is 528 g/mol. The fourth-order valence-corrected chi connectivity index (χ4v) is 5.55. The molecule has 40 heavy (non-hydrogen) atoms. The molecule has 2 N–H and O–H groups in total. The van der Waals surface area contributed by atoms with Crippen molar-refractivity contribution in [3.63, 3.8) is 0 Å². The molecule has 0 spiro atoms. The fraction of sp³-hybridized carbons (Fsp3) is 0.143. The third kappa shape index (κ3) is 4.76. The second kappa shape index (κ2) is 11.2. The van der Waals surface area contributed by atoms with Crippen LogP contribution in [0.2, 0.25) is 0 Å². The van der Waals surface area contributed by atoms with E-state index >= 15 is 0 Å². The molecule has 0 radical (unpaired) electrons. The Morgan fingerprint density at radius 2 is 1.43 bits per heavy atom. The van der Waals surface area contributed by atoms with Gasteiger partial charge >= 0.3 is 0 Å².